The number of carboxylic acids is 1. The fourth-order valence-corrected chi connectivity index (χ4v) is 5.80. The molecule has 1 amide bonds. The maximum absolute atomic E-state index is 13.4. The lowest BCUT2D eigenvalue weighted by atomic mass is 9.82. The average molecular weight is 422 g/mol. The van der Waals surface area contributed by atoms with Gasteiger partial charge in [-0.1, -0.05) is 68.3 Å². The Bertz CT molecular complexity index is 939. The molecule has 0 bridgehead atoms. The summed E-state index contributed by atoms with van der Waals surface area (Å²) in [7, 11) is 0. The summed E-state index contributed by atoms with van der Waals surface area (Å²) in [5.74, 6) is -1.02. The van der Waals surface area contributed by atoms with Crippen LogP contribution >= 0.6 is 0 Å². The molecule has 0 aliphatic heterocycles. The summed E-state index contributed by atoms with van der Waals surface area (Å²) in [6.07, 6.45) is 2.31. The molecular formula is C26H31NO4. The van der Waals surface area contributed by atoms with Gasteiger partial charge in [0.1, 0.15) is 12.1 Å². The summed E-state index contributed by atoms with van der Waals surface area (Å²) in [5, 5.41) is 10.2. The Labute approximate surface area is 184 Å². The van der Waals surface area contributed by atoms with Crippen LogP contribution in [-0.2, 0) is 9.53 Å². The molecule has 0 saturated heterocycles. The lowest BCUT2D eigenvalue weighted by Gasteiger charge is -2.43. The van der Waals surface area contributed by atoms with E-state index in [0.29, 0.717) is 6.42 Å². The largest absolute Gasteiger partial charge is 0.479 e. The fraction of sp³-hybridized carbons (Fsp3) is 0.462. The zero-order valence-corrected chi connectivity index (χ0v) is 18.5. The zero-order valence-electron chi connectivity index (χ0n) is 18.5. The highest BCUT2D eigenvalue weighted by molar-refractivity contribution is 5.86. The Hall–Kier alpha value is -2.82. The van der Waals surface area contributed by atoms with Gasteiger partial charge in [-0.25, -0.2) is 9.59 Å². The van der Waals surface area contributed by atoms with Crippen molar-refractivity contribution in [3.05, 3.63) is 59.7 Å². The van der Waals surface area contributed by atoms with E-state index < -0.39 is 17.6 Å². The number of benzene rings is 2. The van der Waals surface area contributed by atoms with Crippen LogP contribution < -0.4 is 0 Å². The number of carbonyl (C=O) groups is 2. The van der Waals surface area contributed by atoms with Crippen LogP contribution in [0, 0.1) is 5.92 Å². The summed E-state index contributed by atoms with van der Waals surface area (Å²) in [4.78, 5) is 27.3. The van der Waals surface area contributed by atoms with Gasteiger partial charge in [-0.15, -0.1) is 0 Å². The number of hydrogen-bond donors (Lipinski definition) is 1. The lowest BCUT2D eigenvalue weighted by Crippen LogP contribution is -2.61. The van der Waals surface area contributed by atoms with Crippen LogP contribution in [0.4, 0.5) is 4.79 Å². The normalized spacial score (nSPS) is 22.3. The van der Waals surface area contributed by atoms with E-state index in [2.05, 4.69) is 24.3 Å². The number of aliphatic carboxylic acids is 1. The van der Waals surface area contributed by atoms with Gasteiger partial charge in [0.2, 0.25) is 0 Å². The van der Waals surface area contributed by atoms with E-state index in [1.54, 1.807) is 0 Å². The predicted molar refractivity (Wildman–Crippen MR) is 120 cm³/mol. The molecule has 5 nitrogen and oxygen atoms in total. The van der Waals surface area contributed by atoms with Crippen molar-refractivity contribution in [1.29, 1.82) is 0 Å². The average Bonchev–Trinajstić information content (AvgIpc) is 3.32. The van der Waals surface area contributed by atoms with Crippen LogP contribution in [0.3, 0.4) is 0 Å². The van der Waals surface area contributed by atoms with Crippen molar-refractivity contribution >= 4 is 12.1 Å². The number of amides is 1. The number of carboxylic acid groups (broad SMARTS) is 1. The molecular weight excluding hydrogens is 390 g/mol. The highest BCUT2D eigenvalue weighted by atomic mass is 16.6. The predicted octanol–water partition coefficient (Wildman–Crippen LogP) is 5.68. The zero-order chi connectivity index (χ0) is 22.2. The van der Waals surface area contributed by atoms with Gasteiger partial charge in [-0.2, -0.15) is 0 Å². The second kappa shape index (κ2) is 8.37. The van der Waals surface area contributed by atoms with E-state index in [0.717, 1.165) is 30.4 Å². The maximum Gasteiger partial charge on any atom is 0.411 e. The van der Waals surface area contributed by atoms with Crippen LogP contribution in [0.2, 0.25) is 0 Å². The quantitative estimate of drug-likeness (QED) is 0.652. The number of rotatable bonds is 6. The van der Waals surface area contributed by atoms with Crippen LogP contribution in [0.15, 0.2) is 48.5 Å². The summed E-state index contributed by atoms with van der Waals surface area (Å²) >= 11 is 0. The van der Waals surface area contributed by atoms with Crippen LogP contribution in [0.1, 0.15) is 63.5 Å². The highest BCUT2D eigenvalue weighted by Gasteiger charge is 2.56. The van der Waals surface area contributed by atoms with Crippen LogP contribution in [-0.4, -0.2) is 40.3 Å². The van der Waals surface area contributed by atoms with Gasteiger partial charge in [-0.05, 0) is 54.9 Å². The first-order valence-corrected chi connectivity index (χ1v) is 11.3. The molecule has 1 fully saturated rings. The number of nitrogens with zero attached hydrogens (tertiary/aromatic N) is 1. The molecule has 31 heavy (non-hydrogen) atoms. The molecule has 2 unspecified atom stereocenters. The molecule has 2 aliphatic rings. The molecule has 4 rings (SSSR count). The molecule has 1 N–H and O–H groups in total. The molecule has 2 aromatic rings. The molecule has 1 saturated carbocycles. The fourth-order valence-electron chi connectivity index (χ4n) is 5.80. The third-order valence-corrected chi connectivity index (χ3v) is 7.13. The van der Waals surface area contributed by atoms with E-state index in [1.165, 1.54) is 16.0 Å². The van der Waals surface area contributed by atoms with Gasteiger partial charge in [0.15, 0.2) is 0 Å². The van der Waals surface area contributed by atoms with Gasteiger partial charge in [0.25, 0.3) is 0 Å². The van der Waals surface area contributed by atoms with Crippen molar-refractivity contribution in [2.75, 3.05) is 6.61 Å². The Morgan fingerprint density at radius 1 is 1.10 bits per heavy atom. The molecule has 0 aromatic heterocycles. The summed E-state index contributed by atoms with van der Waals surface area (Å²) in [6, 6.07) is 16.1. The van der Waals surface area contributed by atoms with Crippen molar-refractivity contribution in [3.8, 4) is 11.1 Å². The minimum absolute atomic E-state index is 0.0447. The second-order valence-electron chi connectivity index (χ2n) is 8.99. The first-order chi connectivity index (χ1) is 14.9. The minimum atomic E-state index is -1.19. The van der Waals surface area contributed by atoms with Crippen molar-refractivity contribution in [1.82, 2.24) is 4.90 Å². The first-order valence-electron chi connectivity index (χ1n) is 11.3. The van der Waals surface area contributed by atoms with E-state index in [-0.39, 0.29) is 24.5 Å². The van der Waals surface area contributed by atoms with Gasteiger partial charge >= 0.3 is 12.1 Å². The van der Waals surface area contributed by atoms with Crippen molar-refractivity contribution < 1.29 is 19.4 Å². The molecule has 2 aromatic carbocycles. The molecule has 2 atom stereocenters. The third kappa shape index (κ3) is 3.40. The molecule has 0 spiro atoms. The van der Waals surface area contributed by atoms with Crippen molar-refractivity contribution in [2.45, 2.75) is 64.0 Å². The van der Waals surface area contributed by atoms with Gasteiger partial charge < -0.3 is 9.84 Å². The topological polar surface area (TPSA) is 66.8 Å². The molecule has 164 valence electrons. The molecule has 0 heterocycles. The van der Waals surface area contributed by atoms with Gasteiger partial charge in [-0.3, -0.25) is 4.90 Å². The Kier molecular flexibility index (Phi) is 5.78. The standard InChI is InChI=1S/C26H31NO4/c1-4-18-10-9-15-26(18,24(28)29)27(17(2)3)25(30)31-16-23-21-13-7-5-11-19(21)20-12-6-8-14-22(20)23/h5-8,11-14,17-18,23H,4,9-10,15-16H2,1-3H3,(H,28,29). The van der Waals surface area contributed by atoms with E-state index >= 15 is 0 Å². The summed E-state index contributed by atoms with van der Waals surface area (Å²) < 4.78 is 5.87. The Morgan fingerprint density at radius 2 is 1.68 bits per heavy atom. The highest BCUT2D eigenvalue weighted by Crippen LogP contribution is 2.46. The number of carbonyl (C=O) groups excluding carboxylic acids is 1. The van der Waals surface area contributed by atoms with Crippen molar-refractivity contribution in [2.24, 2.45) is 5.92 Å². The Morgan fingerprint density at radius 3 is 2.19 bits per heavy atom. The van der Waals surface area contributed by atoms with Gasteiger partial charge in [0, 0.05) is 12.0 Å². The lowest BCUT2D eigenvalue weighted by molar-refractivity contribution is -0.155. The van der Waals surface area contributed by atoms with E-state index in [9.17, 15) is 14.7 Å². The summed E-state index contributed by atoms with van der Waals surface area (Å²) in [5.41, 5.74) is 3.44. The minimum Gasteiger partial charge on any atom is -0.479 e. The third-order valence-electron chi connectivity index (χ3n) is 7.13. The smallest absolute Gasteiger partial charge is 0.411 e. The number of fused-ring (bicyclic) bond motifs is 3. The van der Waals surface area contributed by atoms with E-state index in [4.69, 9.17) is 4.74 Å². The monoisotopic (exact) mass is 421 g/mol. The molecule has 2 aliphatic carbocycles. The summed E-state index contributed by atoms with van der Waals surface area (Å²) in [6.45, 7) is 5.95. The number of ether oxygens (including phenoxy) is 1. The van der Waals surface area contributed by atoms with Gasteiger partial charge in [0.05, 0.1) is 0 Å². The second-order valence-corrected chi connectivity index (χ2v) is 8.99. The van der Waals surface area contributed by atoms with E-state index in [1.807, 2.05) is 45.0 Å². The van der Waals surface area contributed by atoms with Crippen LogP contribution in [0.5, 0.6) is 0 Å². The van der Waals surface area contributed by atoms with Crippen LogP contribution in [0.25, 0.3) is 11.1 Å². The molecule has 5 heteroatoms. The van der Waals surface area contributed by atoms with Crippen molar-refractivity contribution in [3.63, 3.8) is 0 Å². The maximum atomic E-state index is 13.4. The number of hydrogen-bond acceptors (Lipinski definition) is 3. The molecule has 0 radical (unpaired) electrons. The Balaban J connectivity index is 1.61. The first kappa shape index (κ1) is 21.4. The SMILES string of the molecule is CCC1CCCC1(C(=O)O)N(C(=O)OCC1c2ccccc2-c2ccccc21)C(C)C.